The van der Waals surface area contributed by atoms with Gasteiger partial charge >= 0.3 is 0 Å². The number of hydrogen-bond donors (Lipinski definition) is 1. The van der Waals surface area contributed by atoms with Gasteiger partial charge in [-0.1, -0.05) is 42.0 Å². The van der Waals surface area contributed by atoms with Crippen molar-refractivity contribution >= 4 is 17.4 Å². The molecule has 1 N–H and O–H groups in total. The van der Waals surface area contributed by atoms with Crippen LogP contribution in [0.25, 0.3) is 11.0 Å². The highest BCUT2D eigenvalue weighted by Gasteiger charge is 2.10. The molecule has 0 atom stereocenters. The van der Waals surface area contributed by atoms with Crippen LogP contribution in [0.1, 0.15) is 17.0 Å². The quantitative estimate of drug-likeness (QED) is 0.561. The molecule has 2 aromatic carbocycles. The van der Waals surface area contributed by atoms with Crippen LogP contribution in [0.2, 0.25) is 0 Å². The Morgan fingerprint density at radius 2 is 1.91 bits per heavy atom. The van der Waals surface area contributed by atoms with Gasteiger partial charge in [0.15, 0.2) is 0 Å². The molecule has 1 aromatic heterocycles. The van der Waals surface area contributed by atoms with Gasteiger partial charge in [0, 0.05) is 19.5 Å². The van der Waals surface area contributed by atoms with Gasteiger partial charge in [-0.2, -0.15) is 0 Å². The highest BCUT2D eigenvalue weighted by Crippen LogP contribution is 2.18. The van der Waals surface area contributed by atoms with Gasteiger partial charge in [0.2, 0.25) is 6.41 Å². The third kappa shape index (κ3) is 3.01. The first-order valence-electron chi connectivity index (χ1n) is 7.44. The second kappa shape index (κ2) is 6.43. The van der Waals surface area contributed by atoms with Crippen LogP contribution in [0.4, 0.5) is 0 Å². The Morgan fingerprint density at radius 3 is 2.68 bits per heavy atom. The molecule has 0 spiro atoms. The lowest BCUT2D eigenvalue weighted by atomic mass is 10.1. The Kier molecular flexibility index (Phi) is 4.19. The smallest absolute Gasteiger partial charge is 0.207 e. The summed E-state index contributed by atoms with van der Waals surface area (Å²) in [7, 11) is 0. The number of aromatic nitrogens is 2. The van der Waals surface area contributed by atoms with Gasteiger partial charge in [-0.15, -0.1) is 0 Å². The van der Waals surface area contributed by atoms with Gasteiger partial charge in [0.05, 0.1) is 11.0 Å². The van der Waals surface area contributed by atoms with E-state index in [1.54, 1.807) is 0 Å². The minimum absolute atomic E-state index is 0.598. The normalized spacial score (nSPS) is 10.8. The van der Waals surface area contributed by atoms with Crippen LogP contribution in [0, 0.1) is 6.92 Å². The van der Waals surface area contributed by atoms with Gasteiger partial charge < -0.3 is 9.88 Å². The Balaban J connectivity index is 1.95. The number of benzene rings is 2. The number of nitrogens with zero attached hydrogens (tertiary/aromatic N) is 2. The zero-order chi connectivity index (χ0) is 15.4. The van der Waals surface area contributed by atoms with E-state index in [9.17, 15) is 4.79 Å². The van der Waals surface area contributed by atoms with Crippen molar-refractivity contribution in [1.82, 2.24) is 14.9 Å². The van der Waals surface area contributed by atoms with Gasteiger partial charge in [-0.05, 0) is 24.6 Å². The monoisotopic (exact) mass is 293 g/mol. The predicted octanol–water partition coefficient (Wildman–Crippen LogP) is 2.68. The van der Waals surface area contributed by atoms with E-state index in [-0.39, 0.29) is 0 Å². The molecule has 4 heteroatoms. The summed E-state index contributed by atoms with van der Waals surface area (Å²) in [5.41, 5.74) is 4.63. The summed E-state index contributed by atoms with van der Waals surface area (Å²) in [5.74, 6) is 0.996. The maximum Gasteiger partial charge on any atom is 0.207 e. The fourth-order valence-corrected chi connectivity index (χ4v) is 2.61. The second-order valence-electron chi connectivity index (χ2n) is 5.41. The maximum atomic E-state index is 10.4. The number of para-hydroxylation sites is 2. The van der Waals surface area contributed by atoms with E-state index in [4.69, 9.17) is 4.98 Å². The van der Waals surface area contributed by atoms with E-state index in [0.717, 1.165) is 36.2 Å². The molecule has 22 heavy (non-hydrogen) atoms. The molecule has 0 saturated carbocycles. The highest BCUT2D eigenvalue weighted by atomic mass is 16.1. The third-order valence-electron chi connectivity index (χ3n) is 3.77. The van der Waals surface area contributed by atoms with E-state index in [2.05, 4.69) is 47.1 Å². The first-order chi connectivity index (χ1) is 10.8. The van der Waals surface area contributed by atoms with Crippen molar-refractivity contribution in [3.05, 3.63) is 65.5 Å². The van der Waals surface area contributed by atoms with Crippen LogP contribution < -0.4 is 5.32 Å². The molecule has 3 rings (SSSR count). The standard InChI is InChI=1S/C18H19N3O/c1-14-6-8-15(9-7-14)12-21-17-5-3-2-4-16(17)20-18(21)10-11-19-13-22/h2-9,13H,10-12H2,1H3,(H,19,22). The van der Waals surface area contributed by atoms with E-state index in [1.165, 1.54) is 11.1 Å². The maximum absolute atomic E-state index is 10.4. The molecular weight excluding hydrogens is 274 g/mol. The van der Waals surface area contributed by atoms with Crippen molar-refractivity contribution in [3.63, 3.8) is 0 Å². The van der Waals surface area contributed by atoms with E-state index in [0.29, 0.717) is 6.54 Å². The molecule has 112 valence electrons. The second-order valence-corrected chi connectivity index (χ2v) is 5.41. The predicted molar refractivity (Wildman–Crippen MR) is 87.8 cm³/mol. The number of amides is 1. The molecule has 3 aromatic rings. The van der Waals surface area contributed by atoms with Gasteiger partial charge in [0.25, 0.3) is 0 Å². The molecule has 4 nitrogen and oxygen atoms in total. The molecule has 0 bridgehead atoms. The number of nitrogens with one attached hydrogen (secondary N) is 1. The van der Waals surface area contributed by atoms with Crippen molar-refractivity contribution in [2.24, 2.45) is 0 Å². The number of hydrogen-bond acceptors (Lipinski definition) is 2. The van der Waals surface area contributed by atoms with Crippen LogP contribution in [0.5, 0.6) is 0 Å². The molecule has 0 aliphatic heterocycles. The third-order valence-corrected chi connectivity index (χ3v) is 3.77. The van der Waals surface area contributed by atoms with E-state index < -0.39 is 0 Å². The van der Waals surface area contributed by atoms with Crippen molar-refractivity contribution in [2.45, 2.75) is 19.9 Å². The minimum Gasteiger partial charge on any atom is -0.358 e. The first kappa shape index (κ1) is 14.3. The molecule has 0 aliphatic rings. The van der Waals surface area contributed by atoms with Gasteiger partial charge in [-0.3, -0.25) is 4.79 Å². The first-order valence-corrected chi connectivity index (χ1v) is 7.44. The lowest BCUT2D eigenvalue weighted by Crippen LogP contribution is -2.17. The largest absolute Gasteiger partial charge is 0.358 e. The van der Waals surface area contributed by atoms with Gasteiger partial charge in [-0.25, -0.2) is 4.98 Å². The topological polar surface area (TPSA) is 46.9 Å². The molecule has 1 amide bonds. The highest BCUT2D eigenvalue weighted by molar-refractivity contribution is 5.76. The Morgan fingerprint density at radius 1 is 1.14 bits per heavy atom. The number of carbonyl (C=O) groups excluding carboxylic acids is 1. The van der Waals surface area contributed by atoms with Crippen LogP contribution in [-0.4, -0.2) is 22.5 Å². The van der Waals surface area contributed by atoms with Crippen LogP contribution in [0.15, 0.2) is 48.5 Å². The molecule has 1 heterocycles. The Hall–Kier alpha value is -2.62. The van der Waals surface area contributed by atoms with Crippen LogP contribution in [-0.2, 0) is 17.8 Å². The zero-order valence-electron chi connectivity index (χ0n) is 12.6. The Bertz CT molecular complexity index is 775. The molecule has 0 aliphatic carbocycles. The van der Waals surface area contributed by atoms with Crippen molar-refractivity contribution < 1.29 is 4.79 Å². The molecular formula is C18H19N3O. The number of carbonyl (C=O) groups is 1. The van der Waals surface area contributed by atoms with E-state index >= 15 is 0 Å². The Labute approximate surface area is 129 Å². The fraction of sp³-hybridized carbons (Fsp3) is 0.222. The number of aryl methyl sites for hydroxylation is 1. The summed E-state index contributed by atoms with van der Waals surface area (Å²) in [4.78, 5) is 15.1. The summed E-state index contributed by atoms with van der Waals surface area (Å²) in [6.07, 6.45) is 1.45. The zero-order valence-corrected chi connectivity index (χ0v) is 12.6. The fourth-order valence-electron chi connectivity index (χ4n) is 2.61. The van der Waals surface area contributed by atoms with E-state index in [1.807, 2.05) is 18.2 Å². The van der Waals surface area contributed by atoms with Gasteiger partial charge in [0.1, 0.15) is 5.82 Å². The molecule has 0 radical (unpaired) electrons. The minimum atomic E-state index is 0.598. The molecule has 0 unspecified atom stereocenters. The molecule has 0 saturated heterocycles. The molecule has 0 fully saturated rings. The summed E-state index contributed by atoms with van der Waals surface area (Å²) < 4.78 is 2.23. The number of rotatable bonds is 6. The SMILES string of the molecule is Cc1ccc(Cn2c(CCNC=O)nc3ccccc32)cc1. The summed E-state index contributed by atoms with van der Waals surface area (Å²) >= 11 is 0. The average molecular weight is 293 g/mol. The lowest BCUT2D eigenvalue weighted by Gasteiger charge is -2.10. The van der Waals surface area contributed by atoms with Crippen molar-refractivity contribution in [2.75, 3.05) is 6.54 Å². The van der Waals surface area contributed by atoms with Crippen LogP contribution >= 0.6 is 0 Å². The number of fused-ring (bicyclic) bond motifs is 1. The van der Waals surface area contributed by atoms with Crippen molar-refractivity contribution in [3.8, 4) is 0 Å². The summed E-state index contributed by atoms with van der Waals surface area (Å²) in [5, 5.41) is 2.71. The summed E-state index contributed by atoms with van der Waals surface area (Å²) in [6, 6.07) is 16.7. The van der Waals surface area contributed by atoms with Crippen LogP contribution in [0.3, 0.4) is 0 Å². The average Bonchev–Trinajstić information content (AvgIpc) is 2.88. The number of imidazole rings is 1. The lowest BCUT2D eigenvalue weighted by molar-refractivity contribution is -0.109. The van der Waals surface area contributed by atoms with Crippen molar-refractivity contribution in [1.29, 1.82) is 0 Å². The summed E-state index contributed by atoms with van der Waals surface area (Å²) in [6.45, 7) is 3.48.